The van der Waals surface area contributed by atoms with Crippen molar-refractivity contribution in [1.82, 2.24) is 4.98 Å². The monoisotopic (exact) mass is 217 g/mol. The predicted octanol–water partition coefficient (Wildman–Crippen LogP) is 2.64. The van der Waals surface area contributed by atoms with Crippen molar-refractivity contribution >= 4 is 27.3 Å². The zero-order chi connectivity index (χ0) is 6.97. The van der Waals surface area contributed by atoms with Crippen LogP contribution in [-0.2, 0) is 0 Å². The first-order valence-electron chi connectivity index (χ1n) is 3.36. The average molecular weight is 218 g/mol. The first kappa shape index (κ1) is 6.80. The topological polar surface area (TPSA) is 12.9 Å². The van der Waals surface area contributed by atoms with Crippen LogP contribution in [0.15, 0.2) is 10.9 Å². The van der Waals surface area contributed by atoms with Gasteiger partial charge in [0.05, 0.1) is 11.2 Å². The normalized spacial score (nSPS) is 30.5. The largest absolute Gasteiger partial charge is 0.249 e. The highest BCUT2D eigenvalue weighted by Gasteiger charge is 2.38. The second-order valence-corrected chi connectivity index (χ2v) is 4.04. The average Bonchev–Trinajstić information content (AvgIpc) is 2.56. The lowest BCUT2D eigenvalue weighted by atomic mass is 10.3. The first-order chi connectivity index (χ1) is 4.92. The molecule has 2 rings (SSSR count). The minimum Gasteiger partial charge on any atom is -0.249 e. The highest BCUT2D eigenvalue weighted by molar-refractivity contribution is 9.09. The molecule has 3 heteroatoms. The van der Waals surface area contributed by atoms with Crippen molar-refractivity contribution < 1.29 is 0 Å². The fourth-order valence-corrected chi connectivity index (χ4v) is 2.52. The summed E-state index contributed by atoms with van der Waals surface area (Å²) in [7, 11) is 0. The van der Waals surface area contributed by atoms with Gasteiger partial charge in [-0.15, -0.1) is 11.3 Å². The number of nitrogens with zero attached hydrogens (tertiary/aromatic N) is 1. The van der Waals surface area contributed by atoms with Gasteiger partial charge >= 0.3 is 0 Å². The van der Waals surface area contributed by atoms with E-state index in [1.165, 1.54) is 12.1 Å². The summed E-state index contributed by atoms with van der Waals surface area (Å²) in [4.78, 5) is 4.27. The molecular weight excluding hydrogens is 210 g/mol. The molecule has 1 nitrogen and oxygen atoms in total. The number of alkyl halides is 1. The SMILES string of the molecule is BrCC1CC1c1cscn1. The number of thiazole rings is 1. The molecule has 0 saturated heterocycles. The molecule has 1 saturated carbocycles. The molecule has 1 aromatic rings. The highest BCUT2D eigenvalue weighted by atomic mass is 79.9. The molecule has 1 aliphatic rings. The van der Waals surface area contributed by atoms with Crippen LogP contribution in [0.3, 0.4) is 0 Å². The van der Waals surface area contributed by atoms with E-state index in [2.05, 4.69) is 26.3 Å². The second kappa shape index (κ2) is 2.62. The number of halogens is 1. The van der Waals surface area contributed by atoms with Gasteiger partial charge in [-0.25, -0.2) is 4.98 Å². The summed E-state index contributed by atoms with van der Waals surface area (Å²) in [6.45, 7) is 0. The molecular formula is C7H8BrNS. The lowest BCUT2D eigenvalue weighted by Crippen LogP contribution is -1.82. The van der Waals surface area contributed by atoms with Gasteiger partial charge in [0.2, 0.25) is 0 Å². The van der Waals surface area contributed by atoms with E-state index in [1.807, 2.05) is 5.51 Å². The third-order valence-electron chi connectivity index (χ3n) is 1.95. The molecule has 0 bridgehead atoms. The van der Waals surface area contributed by atoms with Crippen molar-refractivity contribution in [3.05, 3.63) is 16.6 Å². The molecule has 1 aromatic heterocycles. The van der Waals surface area contributed by atoms with Gasteiger partial charge in [0, 0.05) is 16.6 Å². The molecule has 0 N–H and O–H groups in total. The molecule has 0 amide bonds. The van der Waals surface area contributed by atoms with Crippen LogP contribution in [0.25, 0.3) is 0 Å². The Labute approximate surface area is 72.6 Å². The fraction of sp³-hybridized carbons (Fsp3) is 0.571. The standard InChI is InChI=1S/C7H8BrNS/c8-2-5-1-6(5)7-3-10-4-9-7/h3-6H,1-2H2. The van der Waals surface area contributed by atoms with Crippen LogP contribution in [0.1, 0.15) is 18.0 Å². The van der Waals surface area contributed by atoms with Gasteiger partial charge in [-0.3, -0.25) is 0 Å². The van der Waals surface area contributed by atoms with Crippen LogP contribution in [0.5, 0.6) is 0 Å². The highest BCUT2D eigenvalue weighted by Crippen LogP contribution is 2.47. The molecule has 1 fully saturated rings. The van der Waals surface area contributed by atoms with Gasteiger partial charge < -0.3 is 0 Å². The van der Waals surface area contributed by atoms with E-state index in [4.69, 9.17) is 0 Å². The summed E-state index contributed by atoms with van der Waals surface area (Å²) in [5.41, 5.74) is 3.22. The van der Waals surface area contributed by atoms with Crippen LogP contribution >= 0.6 is 27.3 Å². The Kier molecular flexibility index (Phi) is 1.78. The van der Waals surface area contributed by atoms with E-state index in [1.54, 1.807) is 11.3 Å². The van der Waals surface area contributed by atoms with Gasteiger partial charge in [0.15, 0.2) is 0 Å². The molecule has 2 atom stereocenters. The summed E-state index contributed by atoms with van der Waals surface area (Å²) in [6.07, 6.45) is 1.33. The Morgan fingerprint density at radius 2 is 2.70 bits per heavy atom. The van der Waals surface area contributed by atoms with Gasteiger partial charge in [-0.2, -0.15) is 0 Å². The number of aromatic nitrogens is 1. The Morgan fingerprint density at radius 1 is 1.80 bits per heavy atom. The van der Waals surface area contributed by atoms with Gasteiger partial charge in [-0.1, -0.05) is 15.9 Å². The lowest BCUT2D eigenvalue weighted by molar-refractivity contribution is 0.912. The maximum atomic E-state index is 4.27. The molecule has 0 aromatic carbocycles. The van der Waals surface area contributed by atoms with Crippen molar-refractivity contribution in [3.8, 4) is 0 Å². The summed E-state index contributed by atoms with van der Waals surface area (Å²) >= 11 is 5.17. The zero-order valence-electron chi connectivity index (χ0n) is 5.46. The summed E-state index contributed by atoms with van der Waals surface area (Å²) in [5.74, 6) is 1.63. The Morgan fingerprint density at radius 3 is 3.20 bits per heavy atom. The van der Waals surface area contributed by atoms with Crippen molar-refractivity contribution in [2.24, 2.45) is 5.92 Å². The molecule has 0 aliphatic heterocycles. The zero-order valence-corrected chi connectivity index (χ0v) is 7.86. The maximum Gasteiger partial charge on any atom is 0.0794 e. The van der Waals surface area contributed by atoms with E-state index >= 15 is 0 Å². The third kappa shape index (κ3) is 1.12. The van der Waals surface area contributed by atoms with Crippen molar-refractivity contribution in [2.75, 3.05) is 5.33 Å². The summed E-state index contributed by atoms with van der Waals surface area (Å²) in [5, 5.41) is 3.29. The molecule has 10 heavy (non-hydrogen) atoms. The summed E-state index contributed by atoms with van der Waals surface area (Å²) < 4.78 is 0. The van der Waals surface area contributed by atoms with Crippen molar-refractivity contribution in [2.45, 2.75) is 12.3 Å². The molecule has 1 aliphatic carbocycles. The lowest BCUT2D eigenvalue weighted by Gasteiger charge is -1.87. The minimum atomic E-state index is 0.769. The minimum absolute atomic E-state index is 0.769. The Hall–Kier alpha value is 0.110. The van der Waals surface area contributed by atoms with Crippen LogP contribution in [0.2, 0.25) is 0 Å². The van der Waals surface area contributed by atoms with E-state index in [-0.39, 0.29) is 0 Å². The van der Waals surface area contributed by atoms with E-state index in [9.17, 15) is 0 Å². The van der Waals surface area contributed by atoms with E-state index in [0.29, 0.717) is 0 Å². The molecule has 0 radical (unpaired) electrons. The molecule has 0 spiro atoms. The van der Waals surface area contributed by atoms with Crippen molar-refractivity contribution in [3.63, 3.8) is 0 Å². The van der Waals surface area contributed by atoms with Gasteiger partial charge in [0.25, 0.3) is 0 Å². The molecule has 54 valence electrons. The van der Waals surface area contributed by atoms with Crippen LogP contribution in [0, 0.1) is 5.92 Å². The second-order valence-electron chi connectivity index (χ2n) is 2.67. The van der Waals surface area contributed by atoms with Gasteiger partial charge in [-0.05, 0) is 12.3 Å². The first-order valence-corrected chi connectivity index (χ1v) is 5.42. The smallest absolute Gasteiger partial charge is 0.0794 e. The van der Waals surface area contributed by atoms with Crippen LogP contribution < -0.4 is 0 Å². The summed E-state index contributed by atoms with van der Waals surface area (Å²) in [6, 6.07) is 0. The van der Waals surface area contributed by atoms with Gasteiger partial charge in [0.1, 0.15) is 0 Å². The van der Waals surface area contributed by atoms with E-state index < -0.39 is 0 Å². The number of hydrogen-bond acceptors (Lipinski definition) is 2. The molecule has 2 unspecified atom stereocenters. The maximum absolute atomic E-state index is 4.27. The number of hydrogen-bond donors (Lipinski definition) is 0. The van der Waals surface area contributed by atoms with Crippen molar-refractivity contribution in [1.29, 1.82) is 0 Å². The number of rotatable bonds is 2. The third-order valence-corrected chi connectivity index (χ3v) is 3.39. The quantitative estimate of drug-likeness (QED) is 0.695. The van der Waals surface area contributed by atoms with E-state index in [0.717, 1.165) is 17.2 Å². The fourth-order valence-electron chi connectivity index (χ4n) is 1.19. The Balaban J connectivity index is 2.05. The van der Waals surface area contributed by atoms with Crippen LogP contribution in [0.4, 0.5) is 0 Å². The van der Waals surface area contributed by atoms with Crippen LogP contribution in [-0.4, -0.2) is 10.3 Å². The Bertz CT molecular complexity index is 209. The predicted molar refractivity (Wildman–Crippen MR) is 46.8 cm³/mol. The molecule has 1 heterocycles.